The zero-order chi connectivity index (χ0) is 37.8. The highest BCUT2D eigenvalue weighted by Gasteiger charge is 2.17. The minimum absolute atomic E-state index is 0.691. The van der Waals surface area contributed by atoms with Crippen LogP contribution in [0.4, 0.5) is 0 Å². The molecule has 0 bridgehead atoms. The van der Waals surface area contributed by atoms with Gasteiger partial charge in [0, 0.05) is 4.47 Å². The van der Waals surface area contributed by atoms with Crippen molar-refractivity contribution in [2.24, 2.45) is 0 Å². The van der Waals surface area contributed by atoms with Gasteiger partial charge in [-0.25, -0.2) is 0 Å². The van der Waals surface area contributed by atoms with Crippen molar-refractivity contribution in [1.29, 1.82) is 0 Å². The maximum absolute atomic E-state index is 6.64. The third kappa shape index (κ3) is 18.6. The van der Waals surface area contributed by atoms with Gasteiger partial charge in [-0.15, -0.1) is 0 Å². The van der Waals surface area contributed by atoms with Crippen molar-refractivity contribution in [3.05, 3.63) is 64.1 Å². The molecule has 0 aliphatic heterocycles. The van der Waals surface area contributed by atoms with E-state index in [0.29, 0.717) is 19.8 Å². The molecule has 3 rings (SSSR count). The topological polar surface area (TPSA) is 27.7 Å². The van der Waals surface area contributed by atoms with Gasteiger partial charge in [-0.3, -0.25) is 0 Å². The van der Waals surface area contributed by atoms with E-state index in [2.05, 4.69) is 98.2 Å². The fourth-order valence-corrected chi connectivity index (χ4v) is 7.48. The van der Waals surface area contributed by atoms with Crippen LogP contribution in [0.2, 0.25) is 0 Å². The van der Waals surface area contributed by atoms with Crippen LogP contribution < -0.4 is 14.2 Å². The zero-order valence-electron chi connectivity index (χ0n) is 34.4. The number of unbranched alkanes of at least 4 members (excludes halogenated alkanes) is 21. The van der Waals surface area contributed by atoms with Crippen molar-refractivity contribution in [3.63, 3.8) is 0 Å². The molecule has 0 fully saturated rings. The molecule has 0 N–H and O–H groups in total. The Morgan fingerprint density at radius 3 is 1.42 bits per heavy atom. The molecule has 0 saturated carbocycles. The fraction of sp³-hybridized carbons (Fsp3) is 0.633. The molecule has 0 spiro atoms. The first-order chi connectivity index (χ1) is 26.1. The van der Waals surface area contributed by atoms with Crippen molar-refractivity contribution < 1.29 is 14.2 Å². The number of hydrogen-bond donors (Lipinski definition) is 0. The monoisotopic (exact) mass is 790 g/mol. The lowest BCUT2D eigenvalue weighted by Crippen LogP contribution is -2.07. The number of halogens is 1. The SMILES string of the molecule is CCCCCCCCCCOc1cc(/C(C)=C\c2cccc3ccc(Br)cc23)cc(OCCCCCCCCCC)c1OCCCCCCCCCC. The van der Waals surface area contributed by atoms with Gasteiger partial charge in [0.25, 0.3) is 0 Å². The van der Waals surface area contributed by atoms with E-state index in [9.17, 15) is 0 Å². The predicted octanol–water partition coefficient (Wildman–Crippen LogP) is 16.7. The first-order valence-electron chi connectivity index (χ1n) is 22.0. The summed E-state index contributed by atoms with van der Waals surface area (Å²) in [5.41, 5.74) is 3.51. The maximum Gasteiger partial charge on any atom is 0.203 e. The first kappa shape index (κ1) is 44.9. The number of fused-ring (bicyclic) bond motifs is 1. The van der Waals surface area contributed by atoms with Crippen LogP contribution in [0, 0.1) is 0 Å². The maximum atomic E-state index is 6.64. The lowest BCUT2D eigenvalue weighted by atomic mass is 9.99. The lowest BCUT2D eigenvalue weighted by Gasteiger charge is -2.19. The third-order valence-electron chi connectivity index (χ3n) is 10.5. The summed E-state index contributed by atoms with van der Waals surface area (Å²) in [5.74, 6) is 2.44. The third-order valence-corrected chi connectivity index (χ3v) is 11.0. The highest BCUT2D eigenvalue weighted by molar-refractivity contribution is 9.10. The van der Waals surface area contributed by atoms with E-state index >= 15 is 0 Å². The number of hydrogen-bond acceptors (Lipinski definition) is 3. The molecule has 0 saturated heterocycles. The highest BCUT2D eigenvalue weighted by Crippen LogP contribution is 2.42. The highest BCUT2D eigenvalue weighted by atomic mass is 79.9. The molecule has 0 unspecified atom stereocenters. The van der Waals surface area contributed by atoms with Crippen LogP contribution in [0.5, 0.6) is 17.2 Å². The predicted molar refractivity (Wildman–Crippen MR) is 236 cm³/mol. The summed E-state index contributed by atoms with van der Waals surface area (Å²) in [6, 6.07) is 17.4. The average Bonchev–Trinajstić information content (AvgIpc) is 3.16. The molecule has 3 aromatic carbocycles. The Labute approximate surface area is 334 Å². The van der Waals surface area contributed by atoms with E-state index in [1.165, 1.54) is 157 Å². The fourth-order valence-electron chi connectivity index (χ4n) is 7.12. The van der Waals surface area contributed by atoms with Gasteiger partial charge >= 0.3 is 0 Å². The molecule has 4 heteroatoms. The van der Waals surface area contributed by atoms with Gasteiger partial charge in [-0.1, -0.05) is 202 Å². The van der Waals surface area contributed by atoms with Crippen LogP contribution in [-0.4, -0.2) is 19.8 Å². The van der Waals surface area contributed by atoms with Crippen LogP contribution in [0.3, 0.4) is 0 Å². The van der Waals surface area contributed by atoms with Crippen LogP contribution in [-0.2, 0) is 0 Å². The molecule has 0 radical (unpaired) electrons. The lowest BCUT2D eigenvalue weighted by molar-refractivity contribution is 0.234. The van der Waals surface area contributed by atoms with Crippen molar-refractivity contribution in [3.8, 4) is 17.2 Å². The normalized spacial score (nSPS) is 11.8. The van der Waals surface area contributed by atoms with E-state index < -0.39 is 0 Å². The molecule has 0 aliphatic rings. The standard InChI is InChI=1S/C49H75BrO3/c1-5-8-11-14-17-20-23-26-34-51-47-38-44(41(4)37-43-31-29-30-42-32-33-45(50)40-46(42)43)39-48(52-35-27-24-21-18-15-12-9-6-2)49(47)53-36-28-25-22-19-16-13-10-7-3/h29-33,37-40H,5-28,34-36H2,1-4H3/b41-37-. The minimum atomic E-state index is 0.691. The molecule has 0 aliphatic carbocycles. The summed E-state index contributed by atoms with van der Waals surface area (Å²) >= 11 is 3.69. The molecule has 0 atom stereocenters. The quantitative estimate of drug-likeness (QED) is 0.0466. The molecule has 3 nitrogen and oxygen atoms in total. The van der Waals surface area contributed by atoms with Gasteiger partial charge in [-0.05, 0) is 77.9 Å². The van der Waals surface area contributed by atoms with Crippen LogP contribution in [0.25, 0.3) is 22.4 Å². The Morgan fingerprint density at radius 1 is 0.509 bits per heavy atom. The molecule has 0 amide bonds. The molecule has 3 aromatic rings. The second-order valence-corrected chi connectivity index (χ2v) is 16.2. The molecule has 296 valence electrons. The van der Waals surface area contributed by atoms with Crippen molar-refractivity contribution in [1.82, 2.24) is 0 Å². The minimum Gasteiger partial charge on any atom is -0.490 e. The molecular formula is C49H75BrO3. The van der Waals surface area contributed by atoms with E-state index in [-0.39, 0.29) is 0 Å². The summed E-state index contributed by atoms with van der Waals surface area (Å²) in [4.78, 5) is 0. The Hall–Kier alpha value is -2.46. The Balaban J connectivity index is 1.79. The Kier molecular flexibility index (Phi) is 24.5. The van der Waals surface area contributed by atoms with E-state index in [4.69, 9.17) is 14.2 Å². The van der Waals surface area contributed by atoms with Gasteiger partial charge in [0.05, 0.1) is 19.8 Å². The number of allylic oxidation sites excluding steroid dienone is 1. The summed E-state index contributed by atoms with van der Waals surface area (Å²) < 4.78 is 21.0. The molecule has 53 heavy (non-hydrogen) atoms. The summed E-state index contributed by atoms with van der Waals surface area (Å²) in [6.45, 7) is 11.1. The van der Waals surface area contributed by atoms with Crippen LogP contribution in [0.15, 0.2) is 53.0 Å². The van der Waals surface area contributed by atoms with Gasteiger partial charge in [0.2, 0.25) is 5.75 Å². The number of ether oxygens (including phenoxy) is 3. The smallest absolute Gasteiger partial charge is 0.203 e. The van der Waals surface area contributed by atoms with E-state index in [1.807, 2.05) is 0 Å². The van der Waals surface area contributed by atoms with E-state index in [0.717, 1.165) is 46.5 Å². The zero-order valence-corrected chi connectivity index (χ0v) is 36.0. The van der Waals surface area contributed by atoms with Crippen molar-refractivity contribution >= 4 is 38.4 Å². The summed E-state index contributed by atoms with van der Waals surface area (Å²) in [6.07, 6.45) is 33.1. The summed E-state index contributed by atoms with van der Waals surface area (Å²) in [5, 5.41) is 2.48. The second-order valence-electron chi connectivity index (χ2n) is 15.3. The van der Waals surface area contributed by atoms with Crippen molar-refractivity contribution in [2.45, 2.75) is 182 Å². The Morgan fingerprint density at radius 2 is 0.943 bits per heavy atom. The largest absolute Gasteiger partial charge is 0.490 e. The van der Waals surface area contributed by atoms with Gasteiger partial charge in [0.1, 0.15) is 0 Å². The van der Waals surface area contributed by atoms with Crippen LogP contribution >= 0.6 is 15.9 Å². The molecule has 0 heterocycles. The van der Waals surface area contributed by atoms with Crippen molar-refractivity contribution in [2.75, 3.05) is 19.8 Å². The summed E-state index contributed by atoms with van der Waals surface area (Å²) in [7, 11) is 0. The van der Waals surface area contributed by atoms with Gasteiger partial charge < -0.3 is 14.2 Å². The van der Waals surface area contributed by atoms with Gasteiger partial charge in [0.15, 0.2) is 11.5 Å². The van der Waals surface area contributed by atoms with E-state index in [1.54, 1.807) is 0 Å². The number of rotatable bonds is 32. The second kappa shape index (κ2) is 28.9. The number of benzene rings is 3. The van der Waals surface area contributed by atoms with Gasteiger partial charge in [-0.2, -0.15) is 0 Å². The molecule has 0 aromatic heterocycles. The Bertz CT molecular complexity index is 1370. The van der Waals surface area contributed by atoms with Crippen LogP contribution in [0.1, 0.15) is 193 Å². The molecular weight excluding hydrogens is 716 g/mol. The average molecular weight is 792 g/mol. The first-order valence-corrected chi connectivity index (χ1v) is 22.8.